The summed E-state index contributed by atoms with van der Waals surface area (Å²) >= 11 is 0. The molecule has 1 aromatic rings. The summed E-state index contributed by atoms with van der Waals surface area (Å²) in [7, 11) is 0. The molecule has 1 aliphatic heterocycles. The van der Waals surface area contributed by atoms with Crippen molar-refractivity contribution in [3.8, 4) is 0 Å². The molecule has 0 bridgehead atoms. The number of aliphatic carboxylic acids is 1. The molecule has 2 rings (SSSR count). The first-order chi connectivity index (χ1) is 9.86. The molecule has 1 saturated heterocycles. The predicted octanol–water partition coefficient (Wildman–Crippen LogP) is 3.28. The number of para-hydroxylation sites is 1. The Balaban J connectivity index is 2.21. The smallest absolute Gasteiger partial charge is 0.329 e. The Bertz CT molecular complexity index is 556. The maximum absolute atomic E-state index is 12.5. The van der Waals surface area contributed by atoms with Crippen LogP contribution < -0.4 is 5.32 Å². The molecule has 21 heavy (non-hydrogen) atoms. The van der Waals surface area contributed by atoms with E-state index in [0.29, 0.717) is 19.4 Å². The first kappa shape index (κ1) is 15.4. The van der Waals surface area contributed by atoms with E-state index in [4.69, 9.17) is 0 Å². The third-order valence-electron chi connectivity index (χ3n) is 4.17. The zero-order chi connectivity index (χ0) is 15.6. The second-order valence-electron chi connectivity index (χ2n) is 6.01. The minimum atomic E-state index is -1.11. The Morgan fingerprint density at radius 1 is 1.33 bits per heavy atom. The third kappa shape index (κ3) is 2.86. The number of nitrogens with one attached hydrogen (secondary N) is 1. The van der Waals surface area contributed by atoms with Gasteiger partial charge in [0.05, 0.1) is 0 Å². The Hall–Kier alpha value is -2.04. The average Bonchev–Trinajstić information content (AvgIpc) is 2.82. The number of benzene rings is 1. The van der Waals surface area contributed by atoms with Gasteiger partial charge in [0.25, 0.3) is 0 Å². The maximum atomic E-state index is 12.5. The Kier molecular flexibility index (Phi) is 4.21. The second kappa shape index (κ2) is 5.76. The Morgan fingerprint density at radius 3 is 2.62 bits per heavy atom. The van der Waals surface area contributed by atoms with Crippen molar-refractivity contribution in [2.75, 3.05) is 11.9 Å². The van der Waals surface area contributed by atoms with Gasteiger partial charge in [0.2, 0.25) is 0 Å². The fourth-order valence-corrected chi connectivity index (χ4v) is 2.81. The third-order valence-corrected chi connectivity index (χ3v) is 4.17. The van der Waals surface area contributed by atoms with Gasteiger partial charge in [-0.25, -0.2) is 9.59 Å². The van der Waals surface area contributed by atoms with E-state index in [-0.39, 0.29) is 11.9 Å². The van der Waals surface area contributed by atoms with Gasteiger partial charge in [-0.05, 0) is 37.3 Å². The van der Waals surface area contributed by atoms with Gasteiger partial charge in [-0.1, -0.05) is 32.0 Å². The van der Waals surface area contributed by atoms with Crippen molar-refractivity contribution in [1.82, 2.24) is 4.90 Å². The molecule has 1 atom stereocenters. The number of carboxylic acid groups (broad SMARTS) is 1. The van der Waals surface area contributed by atoms with Crippen LogP contribution in [0.4, 0.5) is 10.5 Å². The second-order valence-corrected chi connectivity index (χ2v) is 6.01. The quantitative estimate of drug-likeness (QED) is 0.897. The predicted molar refractivity (Wildman–Crippen MR) is 81.5 cm³/mol. The number of carboxylic acids is 1. The molecule has 1 fully saturated rings. The highest BCUT2D eigenvalue weighted by atomic mass is 16.4. The van der Waals surface area contributed by atoms with Gasteiger partial charge in [-0.15, -0.1) is 0 Å². The molecule has 0 radical (unpaired) electrons. The highest BCUT2D eigenvalue weighted by molar-refractivity contribution is 5.94. The van der Waals surface area contributed by atoms with Crippen LogP contribution in [0.5, 0.6) is 0 Å². The van der Waals surface area contributed by atoms with Crippen LogP contribution in [0.2, 0.25) is 0 Å². The van der Waals surface area contributed by atoms with Crippen LogP contribution >= 0.6 is 0 Å². The van der Waals surface area contributed by atoms with Crippen LogP contribution in [0, 0.1) is 0 Å². The summed E-state index contributed by atoms with van der Waals surface area (Å²) in [5.41, 5.74) is 0.677. The fourth-order valence-electron chi connectivity index (χ4n) is 2.81. The summed E-state index contributed by atoms with van der Waals surface area (Å²) in [4.78, 5) is 25.3. The van der Waals surface area contributed by atoms with Gasteiger partial charge in [-0.3, -0.25) is 0 Å². The lowest BCUT2D eigenvalue weighted by atomic mass is 9.99. The minimum absolute atomic E-state index is 0.283. The molecule has 1 aromatic carbocycles. The van der Waals surface area contributed by atoms with Crippen molar-refractivity contribution in [2.24, 2.45) is 0 Å². The molecule has 1 heterocycles. The van der Waals surface area contributed by atoms with Gasteiger partial charge in [0.15, 0.2) is 0 Å². The van der Waals surface area contributed by atoms with Gasteiger partial charge in [-0.2, -0.15) is 0 Å². The van der Waals surface area contributed by atoms with Crippen molar-refractivity contribution >= 4 is 17.7 Å². The monoisotopic (exact) mass is 290 g/mol. The first-order valence-electron chi connectivity index (χ1n) is 7.27. The number of carbonyl (C=O) groups excluding carboxylic acids is 1. The Morgan fingerprint density at radius 2 is 2.00 bits per heavy atom. The van der Waals surface area contributed by atoms with Gasteiger partial charge < -0.3 is 15.3 Å². The number of rotatable bonds is 3. The zero-order valence-electron chi connectivity index (χ0n) is 12.7. The van der Waals surface area contributed by atoms with Crippen LogP contribution in [0.15, 0.2) is 24.3 Å². The molecular formula is C16H22N2O3. The number of amides is 2. The standard InChI is InChI=1S/C16H22N2O3/c1-11(2)12-7-4-5-8-13(12)17-15(21)18-10-6-9-16(18,3)14(19)20/h4-5,7-8,11H,6,9-10H2,1-3H3,(H,17,21)(H,19,20). The fraction of sp³-hybridized carbons (Fsp3) is 0.500. The van der Waals surface area contributed by atoms with Crippen molar-refractivity contribution in [1.29, 1.82) is 0 Å². The van der Waals surface area contributed by atoms with E-state index >= 15 is 0 Å². The highest BCUT2D eigenvalue weighted by Crippen LogP contribution is 2.31. The van der Waals surface area contributed by atoms with Crippen LogP contribution in [0.25, 0.3) is 0 Å². The molecule has 0 saturated carbocycles. The number of hydrogen-bond donors (Lipinski definition) is 2. The molecular weight excluding hydrogens is 268 g/mol. The van der Waals surface area contributed by atoms with Crippen molar-refractivity contribution < 1.29 is 14.7 Å². The summed E-state index contributed by atoms with van der Waals surface area (Å²) in [6.45, 7) is 6.19. The van der Waals surface area contributed by atoms with E-state index < -0.39 is 11.5 Å². The number of hydrogen-bond acceptors (Lipinski definition) is 2. The number of anilines is 1. The van der Waals surface area contributed by atoms with Crippen molar-refractivity contribution in [3.63, 3.8) is 0 Å². The lowest BCUT2D eigenvalue weighted by molar-refractivity contribution is -0.146. The van der Waals surface area contributed by atoms with E-state index in [1.165, 1.54) is 4.90 Å². The van der Waals surface area contributed by atoms with Crippen LogP contribution in [0.3, 0.4) is 0 Å². The molecule has 2 amide bonds. The lowest BCUT2D eigenvalue weighted by Gasteiger charge is -2.31. The molecule has 5 nitrogen and oxygen atoms in total. The summed E-state index contributed by atoms with van der Waals surface area (Å²) in [5.74, 6) is -0.668. The molecule has 2 N–H and O–H groups in total. The minimum Gasteiger partial charge on any atom is -0.480 e. The molecule has 5 heteroatoms. The van der Waals surface area contributed by atoms with E-state index in [1.54, 1.807) is 6.92 Å². The normalized spacial score (nSPS) is 21.6. The summed E-state index contributed by atoms with van der Waals surface area (Å²) in [5, 5.41) is 12.2. The highest BCUT2D eigenvalue weighted by Gasteiger charge is 2.46. The number of carbonyl (C=O) groups is 2. The van der Waals surface area contributed by atoms with Crippen LogP contribution in [0.1, 0.15) is 45.1 Å². The van der Waals surface area contributed by atoms with E-state index in [0.717, 1.165) is 11.3 Å². The largest absolute Gasteiger partial charge is 0.480 e. The molecule has 0 aliphatic carbocycles. The van der Waals surface area contributed by atoms with E-state index in [1.807, 2.05) is 24.3 Å². The van der Waals surface area contributed by atoms with Crippen LogP contribution in [-0.2, 0) is 4.79 Å². The van der Waals surface area contributed by atoms with Crippen molar-refractivity contribution in [2.45, 2.75) is 45.1 Å². The number of urea groups is 1. The van der Waals surface area contributed by atoms with Gasteiger partial charge >= 0.3 is 12.0 Å². The molecule has 1 aliphatic rings. The number of likely N-dealkylation sites (tertiary alicyclic amines) is 1. The van der Waals surface area contributed by atoms with E-state index in [2.05, 4.69) is 19.2 Å². The zero-order valence-corrected chi connectivity index (χ0v) is 12.7. The SMILES string of the molecule is CC(C)c1ccccc1NC(=O)N1CCCC1(C)C(=O)O. The summed E-state index contributed by atoms with van der Waals surface area (Å²) in [6, 6.07) is 7.28. The van der Waals surface area contributed by atoms with Gasteiger partial charge in [0.1, 0.15) is 5.54 Å². The average molecular weight is 290 g/mol. The van der Waals surface area contributed by atoms with Crippen molar-refractivity contribution in [3.05, 3.63) is 29.8 Å². The topological polar surface area (TPSA) is 69.6 Å². The summed E-state index contributed by atoms with van der Waals surface area (Å²) < 4.78 is 0. The molecule has 0 spiro atoms. The molecule has 0 aromatic heterocycles. The van der Waals surface area contributed by atoms with Gasteiger partial charge in [0, 0.05) is 12.2 Å². The van der Waals surface area contributed by atoms with Crippen LogP contribution in [-0.4, -0.2) is 34.1 Å². The first-order valence-corrected chi connectivity index (χ1v) is 7.27. The molecule has 1 unspecified atom stereocenters. The maximum Gasteiger partial charge on any atom is 0.329 e. The Labute approximate surface area is 125 Å². The number of nitrogens with zero attached hydrogens (tertiary/aromatic N) is 1. The molecule has 114 valence electrons. The lowest BCUT2D eigenvalue weighted by Crippen LogP contribution is -2.52. The summed E-state index contributed by atoms with van der Waals surface area (Å²) in [6.07, 6.45) is 1.20. The van der Waals surface area contributed by atoms with E-state index in [9.17, 15) is 14.7 Å².